The quantitative estimate of drug-likeness (QED) is 0.449. The summed E-state index contributed by atoms with van der Waals surface area (Å²) in [6.45, 7) is 1.41. The van der Waals surface area contributed by atoms with Gasteiger partial charge in [0.15, 0.2) is 0 Å². The second-order valence-corrected chi connectivity index (χ2v) is 5.96. The van der Waals surface area contributed by atoms with Crippen LogP contribution in [0.5, 0.6) is 5.75 Å². The number of carbonyl (C=O) groups is 3. The Kier molecular flexibility index (Phi) is 5.23. The van der Waals surface area contributed by atoms with E-state index in [2.05, 4.69) is 5.32 Å². The highest BCUT2D eigenvalue weighted by atomic mass is 16.6. The maximum absolute atomic E-state index is 12.5. The molecule has 0 saturated carbocycles. The minimum atomic E-state index is -0.914. The third kappa shape index (κ3) is 3.61. The van der Waals surface area contributed by atoms with E-state index in [9.17, 15) is 24.5 Å². The molecule has 0 unspecified atom stereocenters. The first-order chi connectivity index (χ1) is 13.9. The zero-order valence-electron chi connectivity index (χ0n) is 15.2. The monoisotopic (exact) mass is 394 g/mol. The van der Waals surface area contributed by atoms with Crippen LogP contribution in [0.2, 0.25) is 0 Å². The molecule has 0 aromatic heterocycles. The third-order valence-corrected chi connectivity index (χ3v) is 4.16. The Hall–Kier alpha value is -4.26. The van der Waals surface area contributed by atoms with Gasteiger partial charge in [-0.25, -0.2) is 0 Å². The van der Waals surface area contributed by atoms with Crippen LogP contribution in [0.25, 0.3) is 0 Å². The fraction of sp³-hybridized carbons (Fsp3) is 0.158. The fourth-order valence-corrected chi connectivity index (χ4v) is 2.92. The van der Waals surface area contributed by atoms with Crippen LogP contribution in [0.1, 0.15) is 33.2 Å². The fourth-order valence-electron chi connectivity index (χ4n) is 2.92. The summed E-state index contributed by atoms with van der Waals surface area (Å²) in [5, 5.41) is 22.7. The number of hydrogen-bond acceptors (Lipinski definition) is 7. The maximum Gasteiger partial charge on any atom is 0.282 e. The van der Waals surface area contributed by atoms with E-state index in [0.717, 1.165) is 6.07 Å². The summed E-state index contributed by atoms with van der Waals surface area (Å²) in [6, 6.07) is 10.1. The first-order valence-corrected chi connectivity index (χ1v) is 8.47. The predicted molar refractivity (Wildman–Crippen MR) is 99.4 cm³/mol. The molecular weight excluding hydrogens is 380 g/mol. The van der Waals surface area contributed by atoms with Gasteiger partial charge in [-0.05, 0) is 31.2 Å². The molecule has 3 rings (SSSR count). The number of rotatable bonds is 6. The van der Waals surface area contributed by atoms with Crippen LogP contribution in [-0.4, -0.2) is 40.7 Å². The van der Waals surface area contributed by atoms with E-state index in [1.54, 1.807) is 6.92 Å². The molecule has 0 bridgehead atoms. The van der Waals surface area contributed by atoms with Crippen LogP contribution in [0.3, 0.4) is 0 Å². The van der Waals surface area contributed by atoms with Crippen molar-refractivity contribution in [2.75, 3.05) is 18.5 Å². The first kappa shape index (κ1) is 19.5. The van der Waals surface area contributed by atoms with Crippen molar-refractivity contribution in [1.29, 1.82) is 5.26 Å². The summed E-state index contributed by atoms with van der Waals surface area (Å²) in [5.41, 5.74) is -0.474. The van der Waals surface area contributed by atoms with Gasteiger partial charge >= 0.3 is 0 Å². The summed E-state index contributed by atoms with van der Waals surface area (Å²) in [7, 11) is 0. The molecule has 0 fully saturated rings. The van der Waals surface area contributed by atoms with E-state index in [1.165, 1.54) is 30.3 Å². The van der Waals surface area contributed by atoms with Crippen molar-refractivity contribution in [3.8, 4) is 11.8 Å². The van der Waals surface area contributed by atoms with Crippen molar-refractivity contribution >= 4 is 29.1 Å². The molecule has 10 heteroatoms. The van der Waals surface area contributed by atoms with Gasteiger partial charge in [-0.1, -0.05) is 6.07 Å². The molecule has 0 spiro atoms. The summed E-state index contributed by atoms with van der Waals surface area (Å²) in [5.74, 6) is -2.11. The second kappa shape index (κ2) is 7.77. The summed E-state index contributed by atoms with van der Waals surface area (Å²) < 4.78 is 5.40. The second-order valence-electron chi connectivity index (χ2n) is 5.96. The number of nitro benzene ring substituents is 1. The highest BCUT2D eigenvalue weighted by molar-refractivity contribution is 6.24. The normalized spacial score (nSPS) is 12.3. The topological polar surface area (TPSA) is 143 Å². The Labute approximate surface area is 164 Å². The number of ether oxygens (including phenoxy) is 1. The Morgan fingerprint density at radius 2 is 2.03 bits per heavy atom. The van der Waals surface area contributed by atoms with Gasteiger partial charge in [-0.2, -0.15) is 5.26 Å². The predicted octanol–water partition coefficient (Wildman–Crippen LogP) is 2.10. The van der Waals surface area contributed by atoms with Crippen LogP contribution in [-0.2, 0) is 4.79 Å². The third-order valence-electron chi connectivity index (χ3n) is 4.16. The lowest BCUT2D eigenvalue weighted by atomic mass is 10.1. The summed E-state index contributed by atoms with van der Waals surface area (Å²) >= 11 is 0. The number of nitriles is 1. The van der Waals surface area contributed by atoms with Crippen molar-refractivity contribution < 1.29 is 24.0 Å². The lowest BCUT2D eigenvalue weighted by molar-refractivity contribution is -0.385. The van der Waals surface area contributed by atoms with Crippen LogP contribution in [0.4, 0.5) is 11.4 Å². The van der Waals surface area contributed by atoms with Crippen LogP contribution in [0.15, 0.2) is 36.4 Å². The number of carbonyl (C=O) groups excluding carboxylic acids is 3. The molecule has 1 aliphatic rings. The van der Waals surface area contributed by atoms with Crippen molar-refractivity contribution in [3.05, 3.63) is 63.2 Å². The highest BCUT2D eigenvalue weighted by Crippen LogP contribution is 2.31. The Balaban J connectivity index is 1.83. The molecule has 10 nitrogen and oxygen atoms in total. The number of nitro groups is 1. The number of fused-ring (bicyclic) bond motifs is 1. The Bertz CT molecular complexity index is 1090. The summed E-state index contributed by atoms with van der Waals surface area (Å²) in [4.78, 5) is 48.5. The van der Waals surface area contributed by atoms with Gasteiger partial charge in [0.25, 0.3) is 17.5 Å². The number of benzene rings is 2. The van der Waals surface area contributed by atoms with Gasteiger partial charge in [0, 0.05) is 6.07 Å². The Morgan fingerprint density at radius 3 is 2.69 bits per heavy atom. The van der Waals surface area contributed by atoms with Crippen LogP contribution >= 0.6 is 0 Å². The lowest BCUT2D eigenvalue weighted by Crippen LogP contribution is -2.37. The molecule has 2 aromatic rings. The molecular formula is C19H14N4O6. The van der Waals surface area contributed by atoms with Gasteiger partial charge < -0.3 is 10.1 Å². The van der Waals surface area contributed by atoms with Crippen LogP contribution in [0, 0.1) is 21.4 Å². The molecule has 1 aliphatic heterocycles. The van der Waals surface area contributed by atoms with Crippen molar-refractivity contribution in [1.82, 2.24) is 4.90 Å². The molecule has 2 aromatic carbocycles. The maximum atomic E-state index is 12.5. The smallest absolute Gasteiger partial charge is 0.282 e. The van der Waals surface area contributed by atoms with E-state index in [0.29, 0.717) is 17.3 Å². The summed E-state index contributed by atoms with van der Waals surface area (Å²) in [6.07, 6.45) is 0. The Morgan fingerprint density at radius 1 is 1.28 bits per heavy atom. The minimum Gasteiger partial charge on any atom is -0.492 e. The molecule has 3 amide bonds. The number of imide groups is 1. The first-order valence-electron chi connectivity index (χ1n) is 8.47. The van der Waals surface area contributed by atoms with E-state index < -0.39 is 34.9 Å². The van der Waals surface area contributed by atoms with Crippen LogP contribution < -0.4 is 10.1 Å². The molecule has 1 N–H and O–H groups in total. The van der Waals surface area contributed by atoms with E-state index in [1.807, 2.05) is 6.07 Å². The van der Waals surface area contributed by atoms with Gasteiger partial charge in [0.2, 0.25) is 5.91 Å². The van der Waals surface area contributed by atoms with Crippen molar-refractivity contribution in [2.45, 2.75) is 6.92 Å². The van der Waals surface area contributed by atoms with E-state index in [-0.39, 0.29) is 22.4 Å². The molecule has 0 saturated heterocycles. The molecule has 0 atom stereocenters. The zero-order chi connectivity index (χ0) is 21.1. The number of nitrogens with zero attached hydrogens (tertiary/aromatic N) is 3. The van der Waals surface area contributed by atoms with Crippen molar-refractivity contribution in [2.24, 2.45) is 0 Å². The van der Waals surface area contributed by atoms with Crippen molar-refractivity contribution in [3.63, 3.8) is 0 Å². The minimum absolute atomic E-state index is 0.126. The van der Waals surface area contributed by atoms with Gasteiger partial charge in [0.05, 0.1) is 34.4 Å². The number of nitrogens with one attached hydrogen (secondary N) is 1. The standard InChI is InChI=1S/C19H14N4O6/c1-2-29-15-7-6-11(9-20)8-13(15)21-16(24)10-22-18(25)12-4-3-5-14(23(27)28)17(12)19(22)26/h3-8H,2,10H2,1H3,(H,21,24). The SMILES string of the molecule is CCOc1ccc(C#N)cc1NC(=O)CN1C(=O)c2cccc([N+](=O)[O-])c2C1=O. The molecule has 0 aliphatic carbocycles. The lowest BCUT2D eigenvalue weighted by Gasteiger charge is -2.15. The average Bonchev–Trinajstić information content (AvgIpc) is 2.94. The van der Waals surface area contributed by atoms with E-state index in [4.69, 9.17) is 10.00 Å². The molecule has 0 radical (unpaired) electrons. The number of amides is 3. The van der Waals surface area contributed by atoms with E-state index >= 15 is 0 Å². The number of anilines is 1. The zero-order valence-corrected chi connectivity index (χ0v) is 15.2. The largest absolute Gasteiger partial charge is 0.492 e. The molecule has 146 valence electrons. The molecule has 1 heterocycles. The van der Waals surface area contributed by atoms with Gasteiger partial charge in [-0.3, -0.25) is 29.4 Å². The average molecular weight is 394 g/mol. The van der Waals surface area contributed by atoms with Gasteiger partial charge in [-0.15, -0.1) is 0 Å². The number of hydrogen-bond donors (Lipinski definition) is 1. The molecule has 29 heavy (non-hydrogen) atoms. The van der Waals surface area contributed by atoms with Gasteiger partial charge in [0.1, 0.15) is 17.9 Å². The highest BCUT2D eigenvalue weighted by Gasteiger charge is 2.41.